The van der Waals surface area contributed by atoms with E-state index < -0.39 is 0 Å². The van der Waals surface area contributed by atoms with E-state index in [9.17, 15) is 4.79 Å². The number of para-hydroxylation sites is 1. The largest absolute Gasteiger partial charge is 0.288 e. The van der Waals surface area contributed by atoms with Gasteiger partial charge in [-0.2, -0.15) is 0 Å². The number of hydrogen-bond acceptors (Lipinski definition) is 3. The second kappa shape index (κ2) is 5.09. The fraction of sp³-hybridized carbons (Fsp3) is 0.0625. The van der Waals surface area contributed by atoms with Crippen LogP contribution in [0.5, 0.6) is 0 Å². The highest BCUT2D eigenvalue weighted by Gasteiger charge is 2.11. The van der Waals surface area contributed by atoms with Crippen LogP contribution >= 0.6 is 0 Å². The number of pyridine rings is 1. The molecular formula is C16H13N3O. The summed E-state index contributed by atoms with van der Waals surface area (Å²) in [5.41, 5.74) is 1.45. The van der Waals surface area contributed by atoms with Gasteiger partial charge in [-0.15, -0.1) is 6.58 Å². The number of hydrogen-bond donors (Lipinski definition) is 0. The minimum absolute atomic E-state index is 0.0608. The molecule has 0 atom stereocenters. The molecule has 20 heavy (non-hydrogen) atoms. The monoisotopic (exact) mass is 263 g/mol. The maximum atomic E-state index is 12.6. The molecule has 0 aliphatic heterocycles. The molecule has 0 aliphatic carbocycles. The zero-order chi connectivity index (χ0) is 13.9. The average Bonchev–Trinajstić information content (AvgIpc) is 2.51. The van der Waals surface area contributed by atoms with E-state index in [-0.39, 0.29) is 5.56 Å². The van der Waals surface area contributed by atoms with Crippen LogP contribution in [0.4, 0.5) is 0 Å². The van der Waals surface area contributed by atoms with Gasteiger partial charge in [-0.25, -0.2) is 4.98 Å². The van der Waals surface area contributed by atoms with E-state index in [1.807, 2.05) is 30.3 Å². The molecule has 0 bridgehead atoms. The van der Waals surface area contributed by atoms with Gasteiger partial charge < -0.3 is 0 Å². The van der Waals surface area contributed by atoms with Crippen molar-refractivity contribution in [3.63, 3.8) is 0 Å². The Labute approximate surface area is 116 Å². The summed E-state index contributed by atoms with van der Waals surface area (Å²) in [5, 5.41) is 0.613. The Kier molecular flexibility index (Phi) is 3.13. The van der Waals surface area contributed by atoms with E-state index in [2.05, 4.69) is 16.5 Å². The Morgan fingerprint density at radius 1 is 1.20 bits per heavy atom. The lowest BCUT2D eigenvalue weighted by atomic mass is 10.2. The van der Waals surface area contributed by atoms with Gasteiger partial charge in [0.1, 0.15) is 5.82 Å². The molecule has 0 amide bonds. The molecule has 2 heterocycles. The third-order valence-electron chi connectivity index (χ3n) is 3.09. The molecule has 4 nitrogen and oxygen atoms in total. The minimum atomic E-state index is -0.0608. The van der Waals surface area contributed by atoms with Crippen LogP contribution in [0, 0.1) is 0 Å². The summed E-state index contributed by atoms with van der Waals surface area (Å²) in [5.74, 6) is 0.613. The van der Waals surface area contributed by atoms with Gasteiger partial charge in [-0.1, -0.05) is 18.2 Å². The van der Waals surface area contributed by atoms with Crippen molar-refractivity contribution in [2.45, 2.75) is 6.54 Å². The number of nitrogens with zero attached hydrogens (tertiary/aromatic N) is 3. The highest BCUT2D eigenvalue weighted by Crippen LogP contribution is 2.17. The van der Waals surface area contributed by atoms with Gasteiger partial charge in [0.15, 0.2) is 0 Å². The Morgan fingerprint density at radius 2 is 2.05 bits per heavy atom. The van der Waals surface area contributed by atoms with Crippen molar-refractivity contribution in [1.29, 1.82) is 0 Å². The van der Waals surface area contributed by atoms with Crippen LogP contribution < -0.4 is 5.56 Å². The van der Waals surface area contributed by atoms with E-state index in [4.69, 9.17) is 0 Å². The Hall–Kier alpha value is -2.75. The van der Waals surface area contributed by atoms with Gasteiger partial charge in [-0.3, -0.25) is 14.3 Å². The standard InChI is InChI=1S/C16H13N3O/c1-2-10-19-15(12-6-5-9-17-11-12)18-14-8-4-3-7-13(14)16(19)20/h2-9,11H,1,10H2. The summed E-state index contributed by atoms with van der Waals surface area (Å²) in [6.07, 6.45) is 5.09. The fourth-order valence-corrected chi connectivity index (χ4v) is 2.18. The number of aromatic nitrogens is 3. The van der Waals surface area contributed by atoms with Gasteiger partial charge in [0.05, 0.1) is 10.9 Å². The lowest BCUT2D eigenvalue weighted by Gasteiger charge is -2.11. The van der Waals surface area contributed by atoms with Gasteiger partial charge in [0.25, 0.3) is 5.56 Å². The molecule has 0 N–H and O–H groups in total. The minimum Gasteiger partial charge on any atom is -0.288 e. The van der Waals surface area contributed by atoms with Crippen LogP contribution in [-0.4, -0.2) is 14.5 Å². The van der Waals surface area contributed by atoms with Crippen LogP contribution in [0.2, 0.25) is 0 Å². The third-order valence-corrected chi connectivity index (χ3v) is 3.09. The zero-order valence-corrected chi connectivity index (χ0v) is 10.9. The molecule has 0 unspecified atom stereocenters. The number of benzene rings is 1. The topological polar surface area (TPSA) is 47.8 Å². The summed E-state index contributed by atoms with van der Waals surface area (Å²) in [7, 11) is 0. The van der Waals surface area contributed by atoms with Crippen LogP contribution in [0.3, 0.4) is 0 Å². The molecule has 0 spiro atoms. The van der Waals surface area contributed by atoms with Crippen LogP contribution in [0.25, 0.3) is 22.3 Å². The normalized spacial score (nSPS) is 10.6. The molecule has 3 rings (SSSR count). The van der Waals surface area contributed by atoms with Crippen LogP contribution in [-0.2, 0) is 6.54 Å². The first kappa shape index (κ1) is 12.3. The van der Waals surface area contributed by atoms with Crippen LogP contribution in [0.1, 0.15) is 0 Å². The Morgan fingerprint density at radius 3 is 2.80 bits per heavy atom. The molecule has 2 aromatic heterocycles. The molecule has 1 aromatic carbocycles. The van der Waals surface area contributed by atoms with Gasteiger partial charge >= 0.3 is 0 Å². The van der Waals surface area contributed by atoms with E-state index in [0.717, 1.165) is 5.56 Å². The van der Waals surface area contributed by atoms with E-state index in [1.165, 1.54) is 0 Å². The van der Waals surface area contributed by atoms with Crippen molar-refractivity contribution in [3.05, 3.63) is 71.8 Å². The summed E-state index contributed by atoms with van der Waals surface area (Å²) >= 11 is 0. The van der Waals surface area contributed by atoms with Gasteiger partial charge in [0, 0.05) is 24.5 Å². The molecule has 4 heteroatoms. The molecule has 3 aromatic rings. The van der Waals surface area contributed by atoms with Gasteiger partial charge in [0.2, 0.25) is 0 Å². The molecular weight excluding hydrogens is 250 g/mol. The van der Waals surface area contributed by atoms with E-state index in [0.29, 0.717) is 23.3 Å². The molecule has 0 radical (unpaired) electrons. The van der Waals surface area contributed by atoms with Crippen molar-refractivity contribution in [1.82, 2.24) is 14.5 Å². The molecule has 98 valence electrons. The SMILES string of the molecule is C=CCn1c(-c2cccnc2)nc2ccccc2c1=O. The van der Waals surface area contributed by atoms with Crippen molar-refractivity contribution in [2.24, 2.45) is 0 Å². The maximum Gasteiger partial charge on any atom is 0.261 e. The van der Waals surface area contributed by atoms with E-state index >= 15 is 0 Å². The third kappa shape index (κ3) is 2.01. The summed E-state index contributed by atoms with van der Waals surface area (Å²) in [6.45, 7) is 4.13. The first-order valence-corrected chi connectivity index (χ1v) is 6.32. The second-order valence-corrected chi connectivity index (χ2v) is 4.40. The lowest BCUT2D eigenvalue weighted by molar-refractivity contribution is 0.779. The molecule has 0 saturated carbocycles. The molecule has 0 saturated heterocycles. The molecule has 0 aliphatic rings. The first-order chi connectivity index (χ1) is 9.81. The number of rotatable bonds is 3. The smallest absolute Gasteiger partial charge is 0.261 e. The van der Waals surface area contributed by atoms with Crippen molar-refractivity contribution >= 4 is 10.9 Å². The fourth-order valence-electron chi connectivity index (χ4n) is 2.18. The first-order valence-electron chi connectivity index (χ1n) is 6.32. The average molecular weight is 263 g/mol. The Bertz CT molecular complexity index is 822. The highest BCUT2D eigenvalue weighted by atomic mass is 16.1. The van der Waals surface area contributed by atoms with E-state index in [1.54, 1.807) is 29.1 Å². The second-order valence-electron chi connectivity index (χ2n) is 4.40. The molecule has 0 fully saturated rings. The van der Waals surface area contributed by atoms with Crippen molar-refractivity contribution in [3.8, 4) is 11.4 Å². The van der Waals surface area contributed by atoms with Crippen LogP contribution in [0.15, 0.2) is 66.2 Å². The quantitative estimate of drug-likeness (QED) is 0.682. The summed E-state index contributed by atoms with van der Waals surface area (Å²) in [4.78, 5) is 21.3. The zero-order valence-electron chi connectivity index (χ0n) is 10.9. The predicted octanol–water partition coefficient (Wildman–Crippen LogP) is 2.64. The summed E-state index contributed by atoms with van der Waals surface area (Å²) in [6, 6.07) is 11.1. The lowest BCUT2D eigenvalue weighted by Crippen LogP contribution is -2.22. The number of fused-ring (bicyclic) bond motifs is 1. The summed E-state index contributed by atoms with van der Waals surface area (Å²) < 4.78 is 1.62. The highest BCUT2D eigenvalue weighted by molar-refractivity contribution is 5.79. The van der Waals surface area contributed by atoms with Crippen molar-refractivity contribution in [2.75, 3.05) is 0 Å². The van der Waals surface area contributed by atoms with Gasteiger partial charge in [-0.05, 0) is 24.3 Å². The number of allylic oxidation sites excluding steroid dienone is 1. The maximum absolute atomic E-state index is 12.6. The predicted molar refractivity (Wildman–Crippen MR) is 79.4 cm³/mol. The van der Waals surface area contributed by atoms with Crippen molar-refractivity contribution < 1.29 is 0 Å². The Balaban J connectivity index is 2.38.